The molecule has 1 aliphatic rings. The summed E-state index contributed by atoms with van der Waals surface area (Å²) in [7, 11) is 1.55. The van der Waals surface area contributed by atoms with E-state index in [0.29, 0.717) is 45.3 Å². The summed E-state index contributed by atoms with van der Waals surface area (Å²) in [6.45, 7) is 2.81. The Morgan fingerprint density at radius 1 is 1.35 bits per heavy atom. The number of amides is 1. The first kappa shape index (κ1) is 22.3. The van der Waals surface area contributed by atoms with E-state index in [-0.39, 0.29) is 12.2 Å². The zero-order chi connectivity index (χ0) is 23.7. The molecule has 12 heteroatoms. The molecule has 0 bridgehead atoms. The van der Waals surface area contributed by atoms with Crippen molar-refractivity contribution in [3.63, 3.8) is 0 Å². The maximum atomic E-state index is 13.1. The number of aromatic nitrogens is 6. The van der Waals surface area contributed by atoms with E-state index < -0.39 is 12.0 Å². The topological polar surface area (TPSA) is 134 Å². The maximum absolute atomic E-state index is 13.1. The standard InChI is InChI=1S/C22H23ClN8O3/c1-34-18-4-3-13(23)7-15(18)19-17(11-31(29-19)10-14(32)9-30-5-2-6-30)26-22(33)21-20-16(27-28-21)8-24-12-25-20/h3-4,7-8,11-12,14,32H,2,5-6,9-10H2,1H3,(H,26,33)(H,27,28). The summed E-state index contributed by atoms with van der Waals surface area (Å²) < 4.78 is 7.11. The van der Waals surface area contributed by atoms with Gasteiger partial charge in [0.1, 0.15) is 28.8 Å². The average molecular weight is 483 g/mol. The highest BCUT2D eigenvalue weighted by molar-refractivity contribution is 6.31. The number of aliphatic hydroxyl groups excluding tert-OH is 1. The summed E-state index contributed by atoms with van der Waals surface area (Å²) in [6.07, 6.45) is 5.12. The molecule has 1 saturated heterocycles. The lowest BCUT2D eigenvalue weighted by molar-refractivity contribution is 0.0662. The van der Waals surface area contributed by atoms with Crippen molar-refractivity contribution in [3.05, 3.63) is 47.6 Å². The van der Waals surface area contributed by atoms with E-state index in [0.717, 1.165) is 19.5 Å². The Labute approximate surface area is 199 Å². The van der Waals surface area contributed by atoms with Gasteiger partial charge in [0, 0.05) is 23.3 Å². The summed E-state index contributed by atoms with van der Waals surface area (Å²) in [5.41, 5.74) is 2.58. The van der Waals surface area contributed by atoms with Crippen molar-refractivity contribution < 1.29 is 14.6 Å². The molecule has 1 amide bonds. The molecular weight excluding hydrogens is 460 g/mol. The Kier molecular flexibility index (Phi) is 6.14. The van der Waals surface area contributed by atoms with Crippen molar-refractivity contribution in [3.8, 4) is 17.0 Å². The molecule has 176 valence electrons. The van der Waals surface area contributed by atoms with Gasteiger partial charge < -0.3 is 20.1 Å². The van der Waals surface area contributed by atoms with Crippen molar-refractivity contribution in [2.45, 2.75) is 19.1 Å². The number of H-pyrrole nitrogens is 1. The van der Waals surface area contributed by atoms with Crippen molar-refractivity contribution in [2.75, 3.05) is 32.1 Å². The third-order valence-corrected chi connectivity index (χ3v) is 5.92. The number of likely N-dealkylation sites (tertiary alicyclic amines) is 1. The van der Waals surface area contributed by atoms with Gasteiger partial charge in [-0.2, -0.15) is 10.2 Å². The smallest absolute Gasteiger partial charge is 0.278 e. The second-order valence-corrected chi connectivity index (χ2v) is 8.51. The fourth-order valence-corrected chi connectivity index (χ4v) is 4.09. The van der Waals surface area contributed by atoms with Crippen LogP contribution in [0.1, 0.15) is 16.9 Å². The van der Waals surface area contributed by atoms with Crippen LogP contribution in [0.25, 0.3) is 22.3 Å². The molecule has 0 saturated carbocycles. The molecule has 0 spiro atoms. The van der Waals surface area contributed by atoms with Gasteiger partial charge in [-0.25, -0.2) is 9.97 Å². The number of hydrogen-bond donors (Lipinski definition) is 3. The number of aromatic amines is 1. The minimum atomic E-state index is -0.607. The minimum Gasteiger partial charge on any atom is -0.496 e. The number of aliphatic hydroxyl groups is 1. The van der Waals surface area contributed by atoms with E-state index in [9.17, 15) is 9.90 Å². The summed E-state index contributed by atoms with van der Waals surface area (Å²) >= 11 is 6.25. The van der Waals surface area contributed by atoms with Crippen LogP contribution in [0.4, 0.5) is 5.69 Å². The Balaban J connectivity index is 1.48. The number of benzene rings is 1. The fraction of sp³-hybridized carbons (Fsp3) is 0.318. The van der Waals surface area contributed by atoms with E-state index in [2.05, 4.69) is 35.5 Å². The zero-order valence-electron chi connectivity index (χ0n) is 18.4. The molecule has 1 aliphatic heterocycles. The molecular formula is C22H23ClN8O3. The lowest BCUT2D eigenvalue weighted by Crippen LogP contribution is -2.43. The predicted octanol–water partition coefficient (Wildman–Crippen LogP) is 2.20. The van der Waals surface area contributed by atoms with Gasteiger partial charge in [0.15, 0.2) is 5.69 Å². The van der Waals surface area contributed by atoms with Gasteiger partial charge in [-0.15, -0.1) is 0 Å². The Morgan fingerprint density at radius 2 is 2.21 bits per heavy atom. The largest absolute Gasteiger partial charge is 0.496 e. The van der Waals surface area contributed by atoms with Gasteiger partial charge in [0.05, 0.1) is 31.6 Å². The second-order valence-electron chi connectivity index (χ2n) is 8.08. The van der Waals surface area contributed by atoms with Gasteiger partial charge >= 0.3 is 0 Å². The van der Waals surface area contributed by atoms with Crippen LogP contribution in [-0.4, -0.2) is 78.7 Å². The number of fused-ring (bicyclic) bond motifs is 1. The first-order valence-corrected chi connectivity index (χ1v) is 11.2. The van der Waals surface area contributed by atoms with Crippen molar-refractivity contribution in [1.82, 2.24) is 34.8 Å². The third-order valence-electron chi connectivity index (χ3n) is 5.68. The van der Waals surface area contributed by atoms with Gasteiger partial charge in [-0.05, 0) is 37.7 Å². The number of halogens is 1. The monoisotopic (exact) mass is 482 g/mol. The number of nitrogens with one attached hydrogen (secondary N) is 2. The quantitative estimate of drug-likeness (QED) is 0.348. The molecule has 3 N–H and O–H groups in total. The van der Waals surface area contributed by atoms with E-state index in [1.165, 1.54) is 6.33 Å². The number of ether oxygens (including phenoxy) is 1. The van der Waals surface area contributed by atoms with Crippen molar-refractivity contribution >= 4 is 34.2 Å². The lowest BCUT2D eigenvalue weighted by atomic mass is 10.1. The van der Waals surface area contributed by atoms with Gasteiger partial charge in [-0.1, -0.05) is 11.6 Å². The molecule has 0 aliphatic carbocycles. The number of anilines is 1. The van der Waals surface area contributed by atoms with E-state index >= 15 is 0 Å². The van der Waals surface area contributed by atoms with Crippen LogP contribution in [0.15, 0.2) is 36.9 Å². The van der Waals surface area contributed by atoms with Crippen LogP contribution in [0.5, 0.6) is 5.75 Å². The number of nitrogens with zero attached hydrogens (tertiary/aromatic N) is 6. The summed E-state index contributed by atoms with van der Waals surface area (Å²) in [4.78, 5) is 23.4. The van der Waals surface area contributed by atoms with Gasteiger partial charge in [-0.3, -0.25) is 14.6 Å². The number of hydrogen-bond acceptors (Lipinski definition) is 8. The van der Waals surface area contributed by atoms with E-state index in [1.807, 2.05) is 0 Å². The third kappa shape index (κ3) is 4.45. The molecule has 3 aromatic heterocycles. The predicted molar refractivity (Wildman–Crippen MR) is 126 cm³/mol. The van der Waals surface area contributed by atoms with Crippen LogP contribution in [-0.2, 0) is 6.54 Å². The van der Waals surface area contributed by atoms with Crippen LogP contribution in [0.2, 0.25) is 5.02 Å². The Bertz CT molecular complexity index is 1330. The number of carbonyl (C=O) groups excluding carboxylic acids is 1. The normalized spacial score (nSPS) is 14.7. The molecule has 0 radical (unpaired) electrons. The molecule has 34 heavy (non-hydrogen) atoms. The average Bonchev–Trinajstić information content (AvgIpc) is 3.40. The SMILES string of the molecule is COc1ccc(Cl)cc1-c1nn(CC(O)CN2CCC2)cc1NC(=O)c1n[nH]c2cncnc12. The molecule has 1 atom stereocenters. The number of carbonyl (C=O) groups is 1. The van der Waals surface area contributed by atoms with E-state index in [4.69, 9.17) is 16.3 Å². The highest BCUT2D eigenvalue weighted by atomic mass is 35.5. The minimum absolute atomic E-state index is 0.131. The van der Waals surface area contributed by atoms with Crippen molar-refractivity contribution in [1.29, 1.82) is 0 Å². The number of β-amino-alcohol motifs (C(OH)–C–C–N with tert-alkyl or cyclic N) is 1. The Morgan fingerprint density at radius 3 is 2.97 bits per heavy atom. The van der Waals surface area contributed by atoms with Gasteiger partial charge in [0.2, 0.25) is 0 Å². The molecule has 5 rings (SSSR count). The fourth-order valence-electron chi connectivity index (χ4n) is 3.92. The van der Waals surface area contributed by atoms with Crippen molar-refractivity contribution in [2.24, 2.45) is 0 Å². The number of methoxy groups -OCH3 is 1. The lowest BCUT2D eigenvalue weighted by Gasteiger charge is -2.32. The van der Waals surface area contributed by atoms with Crippen LogP contribution in [0, 0.1) is 0 Å². The van der Waals surface area contributed by atoms with Gasteiger partial charge in [0.25, 0.3) is 5.91 Å². The highest BCUT2D eigenvalue weighted by Gasteiger charge is 2.23. The first-order chi connectivity index (χ1) is 16.5. The summed E-state index contributed by atoms with van der Waals surface area (Å²) in [5.74, 6) is 0.0807. The molecule has 4 aromatic rings. The first-order valence-electron chi connectivity index (χ1n) is 10.8. The molecule has 1 aromatic carbocycles. The number of rotatable bonds is 8. The molecule has 1 unspecified atom stereocenters. The molecule has 4 heterocycles. The second kappa shape index (κ2) is 9.37. The maximum Gasteiger partial charge on any atom is 0.278 e. The Hall–Kier alpha value is -3.54. The molecule has 11 nitrogen and oxygen atoms in total. The summed E-state index contributed by atoms with van der Waals surface area (Å²) in [6, 6.07) is 5.17. The van der Waals surface area contributed by atoms with Crippen LogP contribution >= 0.6 is 11.6 Å². The van der Waals surface area contributed by atoms with Crippen LogP contribution in [0.3, 0.4) is 0 Å². The summed E-state index contributed by atoms with van der Waals surface area (Å²) in [5, 5.41) is 25.4. The van der Waals surface area contributed by atoms with Crippen LogP contribution < -0.4 is 10.1 Å². The zero-order valence-corrected chi connectivity index (χ0v) is 19.2. The highest BCUT2D eigenvalue weighted by Crippen LogP contribution is 2.36. The van der Waals surface area contributed by atoms with E-state index in [1.54, 1.807) is 42.4 Å². The molecule has 1 fully saturated rings.